The number of aromatic nitrogens is 4. The summed E-state index contributed by atoms with van der Waals surface area (Å²) in [6, 6.07) is 0. The number of aliphatic hydroxyl groups excluding tert-OH is 1. The molecule has 0 bridgehead atoms. The van der Waals surface area contributed by atoms with E-state index in [9.17, 15) is 5.11 Å². The van der Waals surface area contributed by atoms with Gasteiger partial charge in [-0.1, -0.05) is 32.9 Å². The highest BCUT2D eigenvalue weighted by Crippen LogP contribution is 2.55. The van der Waals surface area contributed by atoms with Gasteiger partial charge in [0.25, 0.3) is 0 Å². The Balaban J connectivity index is 1.47. The van der Waals surface area contributed by atoms with Crippen LogP contribution in [0.15, 0.2) is 24.8 Å². The maximum atomic E-state index is 10.9. The van der Waals surface area contributed by atoms with Crippen molar-refractivity contribution >= 4 is 54.6 Å². The number of aliphatic hydroxyl groups is 1. The Morgan fingerprint density at radius 3 is 2.72 bits per heavy atom. The van der Waals surface area contributed by atoms with E-state index in [4.69, 9.17) is 31.2 Å². The second kappa shape index (κ2) is 11.7. The second-order valence-corrected chi connectivity index (χ2v) is 22.4. The van der Waals surface area contributed by atoms with Crippen molar-refractivity contribution in [2.75, 3.05) is 12.3 Å². The standard InChI is InChI=1S/C26H43N5O4PS2Si/c1-16(2)17-9-10-26(6,20(32)11-17)38-36(37)33-13-19-18(35-39(7,8)25(3,4)5)12-21(34-19)31-15-30-22-23(27)28-14-29-24(22)31/h14-15,17-21,32H,1,9-13H2,2-8H3,(H2,27,28,29)/q+1/t17-,18?,19-,20+,21-,26+/m1/s1. The van der Waals surface area contributed by atoms with Crippen LogP contribution in [0.1, 0.15) is 66.5 Å². The van der Waals surface area contributed by atoms with Gasteiger partial charge in [-0.05, 0) is 57.2 Å². The minimum atomic E-state index is -2.09. The van der Waals surface area contributed by atoms with Crippen LogP contribution in [0.5, 0.6) is 0 Å². The number of allylic oxidation sites excluding steroid dienone is 1. The van der Waals surface area contributed by atoms with E-state index in [-0.39, 0.29) is 28.2 Å². The van der Waals surface area contributed by atoms with Crippen LogP contribution >= 0.6 is 17.5 Å². The summed E-state index contributed by atoms with van der Waals surface area (Å²) in [5, 5.41) is 11.0. The SMILES string of the molecule is C=C(C)[C@@H]1CC[C@](C)(S[P+](=S)OC[C@H]2O[C@@H](n3cnc4c(N)ncnc43)CC2O[Si](C)(C)C(C)(C)C)[C@@H](O)C1. The Labute approximate surface area is 243 Å². The van der Waals surface area contributed by atoms with Crippen molar-refractivity contribution in [3.63, 3.8) is 0 Å². The van der Waals surface area contributed by atoms with Crippen molar-refractivity contribution in [2.24, 2.45) is 5.92 Å². The number of nitrogens with zero attached hydrogens (tertiary/aromatic N) is 4. The third-order valence-electron chi connectivity index (χ3n) is 8.66. The number of anilines is 1. The molecule has 2 aromatic rings. The van der Waals surface area contributed by atoms with E-state index in [1.54, 1.807) is 17.7 Å². The Hall–Kier alpha value is -0.983. The first-order valence-corrected chi connectivity index (χ1v) is 20.1. The second-order valence-electron chi connectivity index (χ2n) is 12.6. The zero-order valence-electron chi connectivity index (χ0n) is 24.1. The normalized spacial score (nSPS) is 30.6. The number of hydrogen-bond acceptors (Lipinski definition) is 10. The molecule has 1 saturated heterocycles. The number of nitrogen functional groups attached to an aromatic ring is 1. The van der Waals surface area contributed by atoms with Gasteiger partial charge < -0.3 is 20.0 Å². The molecule has 0 spiro atoms. The molecule has 39 heavy (non-hydrogen) atoms. The molecule has 2 unspecified atom stereocenters. The van der Waals surface area contributed by atoms with Crippen LogP contribution in [0.3, 0.4) is 0 Å². The van der Waals surface area contributed by atoms with Crippen molar-refractivity contribution in [2.45, 2.75) is 108 Å². The number of fused-ring (bicyclic) bond motifs is 1. The molecule has 3 N–H and O–H groups in total. The van der Waals surface area contributed by atoms with Crippen molar-refractivity contribution in [3.8, 4) is 0 Å². The van der Waals surface area contributed by atoms with E-state index >= 15 is 0 Å². The van der Waals surface area contributed by atoms with Crippen LogP contribution in [-0.4, -0.2) is 62.6 Å². The molecular formula is C26H43N5O4PS2Si+. The lowest BCUT2D eigenvalue weighted by atomic mass is 9.77. The van der Waals surface area contributed by atoms with E-state index in [0.717, 1.165) is 24.8 Å². The van der Waals surface area contributed by atoms with Crippen LogP contribution in [0.2, 0.25) is 18.1 Å². The highest BCUT2D eigenvalue weighted by molar-refractivity contribution is 8.63. The molecule has 9 nitrogen and oxygen atoms in total. The molecule has 7 atom stereocenters. The topological polar surface area (TPSA) is 118 Å². The van der Waals surface area contributed by atoms with Gasteiger partial charge in [0.05, 0.1) is 23.3 Å². The molecule has 1 aliphatic heterocycles. The smallest absolute Gasteiger partial charge is 0.411 e. The molecule has 1 aliphatic carbocycles. The van der Waals surface area contributed by atoms with Crippen LogP contribution in [0.4, 0.5) is 5.82 Å². The van der Waals surface area contributed by atoms with Crippen LogP contribution < -0.4 is 5.73 Å². The molecule has 216 valence electrons. The number of hydrogen-bond donors (Lipinski definition) is 2. The maximum Gasteiger partial charge on any atom is 0.415 e. The average Bonchev–Trinajstić information content (AvgIpc) is 3.43. The fraction of sp³-hybridized carbons (Fsp3) is 0.731. The number of rotatable bonds is 9. The Bertz CT molecular complexity index is 1220. The number of imidazole rings is 1. The maximum absolute atomic E-state index is 10.9. The minimum absolute atomic E-state index is 0.0493. The molecule has 3 heterocycles. The average molecular weight is 613 g/mol. The van der Waals surface area contributed by atoms with Gasteiger partial charge in [-0.15, -0.1) is 0 Å². The summed E-state index contributed by atoms with van der Waals surface area (Å²) in [6.07, 6.45) is 3.90. The van der Waals surface area contributed by atoms with Gasteiger partial charge in [-0.2, -0.15) is 4.52 Å². The fourth-order valence-corrected chi connectivity index (χ4v) is 11.1. The third kappa shape index (κ3) is 6.75. The summed E-state index contributed by atoms with van der Waals surface area (Å²) in [5.74, 6) is 0.704. The molecule has 0 radical (unpaired) electrons. The van der Waals surface area contributed by atoms with E-state index in [1.807, 2.05) is 11.5 Å². The van der Waals surface area contributed by atoms with Crippen molar-refractivity contribution in [1.82, 2.24) is 19.5 Å². The largest absolute Gasteiger partial charge is 0.415 e. The Morgan fingerprint density at radius 2 is 2.08 bits per heavy atom. The lowest BCUT2D eigenvalue weighted by Crippen LogP contribution is -2.46. The van der Waals surface area contributed by atoms with Crippen LogP contribution in [-0.2, 0) is 25.5 Å². The number of ether oxygens (including phenoxy) is 1. The molecule has 2 aromatic heterocycles. The van der Waals surface area contributed by atoms with Gasteiger partial charge in [0.1, 0.15) is 42.2 Å². The van der Waals surface area contributed by atoms with Gasteiger partial charge in [0, 0.05) is 6.42 Å². The van der Waals surface area contributed by atoms with E-state index < -0.39 is 20.5 Å². The predicted molar refractivity (Wildman–Crippen MR) is 165 cm³/mol. The minimum Gasteiger partial charge on any atom is -0.411 e. The van der Waals surface area contributed by atoms with Gasteiger partial charge >= 0.3 is 6.13 Å². The Morgan fingerprint density at radius 1 is 1.36 bits per heavy atom. The molecule has 2 aliphatic rings. The first-order chi connectivity index (χ1) is 18.1. The molecule has 13 heteroatoms. The van der Waals surface area contributed by atoms with E-state index in [1.165, 1.54) is 6.33 Å². The van der Waals surface area contributed by atoms with Crippen molar-refractivity contribution < 1.29 is 18.8 Å². The molecule has 0 amide bonds. The lowest BCUT2D eigenvalue weighted by Gasteiger charge is -2.39. The van der Waals surface area contributed by atoms with Crippen molar-refractivity contribution in [3.05, 3.63) is 24.8 Å². The zero-order chi connectivity index (χ0) is 28.8. The zero-order valence-corrected chi connectivity index (χ0v) is 27.6. The predicted octanol–water partition coefficient (Wildman–Crippen LogP) is 6.11. The highest BCUT2D eigenvalue weighted by Gasteiger charge is 2.48. The quantitative estimate of drug-likeness (QED) is 0.195. The summed E-state index contributed by atoms with van der Waals surface area (Å²) < 4.78 is 21.2. The first-order valence-electron chi connectivity index (χ1n) is 13.5. The fourth-order valence-electron chi connectivity index (χ4n) is 4.93. The van der Waals surface area contributed by atoms with Crippen LogP contribution in [0.25, 0.3) is 11.2 Å². The first kappa shape index (κ1) is 31.0. The summed E-state index contributed by atoms with van der Waals surface area (Å²) >= 11 is 7.39. The van der Waals surface area contributed by atoms with Crippen molar-refractivity contribution in [1.29, 1.82) is 0 Å². The third-order valence-corrected chi connectivity index (χ3v) is 17.6. The summed E-state index contributed by atoms with van der Waals surface area (Å²) in [4.78, 5) is 12.9. The molecular weight excluding hydrogens is 570 g/mol. The van der Waals surface area contributed by atoms with Gasteiger partial charge in [0.2, 0.25) is 11.8 Å². The summed E-state index contributed by atoms with van der Waals surface area (Å²) in [5.41, 5.74) is 8.34. The summed E-state index contributed by atoms with van der Waals surface area (Å²) in [7, 11) is -2.09. The molecule has 2 fully saturated rings. The van der Waals surface area contributed by atoms with Gasteiger partial charge in [0.15, 0.2) is 19.8 Å². The van der Waals surface area contributed by atoms with Crippen LogP contribution in [0, 0.1) is 5.92 Å². The molecule has 4 rings (SSSR count). The van der Waals surface area contributed by atoms with Gasteiger partial charge in [-0.3, -0.25) is 4.57 Å². The number of nitrogens with two attached hydrogens (primary N) is 1. The molecule has 1 saturated carbocycles. The monoisotopic (exact) mass is 612 g/mol. The Kier molecular flexibility index (Phi) is 9.30. The van der Waals surface area contributed by atoms with E-state index in [0.29, 0.717) is 35.9 Å². The highest BCUT2D eigenvalue weighted by atomic mass is 32.9. The van der Waals surface area contributed by atoms with Gasteiger partial charge in [-0.25, -0.2) is 15.0 Å². The lowest BCUT2D eigenvalue weighted by molar-refractivity contribution is -0.0334. The van der Waals surface area contributed by atoms with E-state index in [2.05, 4.69) is 62.3 Å². The molecule has 0 aromatic carbocycles. The summed E-state index contributed by atoms with van der Waals surface area (Å²) in [6.45, 7) is 19.7.